The maximum absolute atomic E-state index is 12.8. The van der Waals surface area contributed by atoms with Crippen LogP contribution >= 0.6 is 0 Å². The van der Waals surface area contributed by atoms with Crippen LogP contribution in [0.15, 0.2) is 24.3 Å². The highest BCUT2D eigenvalue weighted by Crippen LogP contribution is 2.30. The lowest BCUT2D eigenvalue weighted by Crippen LogP contribution is -2.38. The first-order valence-corrected chi connectivity index (χ1v) is 6.27. The summed E-state index contributed by atoms with van der Waals surface area (Å²) >= 11 is 0. The van der Waals surface area contributed by atoms with Crippen molar-refractivity contribution in [1.82, 2.24) is 4.90 Å². The minimum atomic E-state index is -0.570. The SMILES string of the molecule is CC(=O)N1CCC(C(O)c2ccc(F)cc2)CC1. The predicted molar refractivity (Wildman–Crippen MR) is 66.3 cm³/mol. The third kappa shape index (κ3) is 2.88. The van der Waals surface area contributed by atoms with Gasteiger partial charge >= 0.3 is 0 Å². The highest BCUT2D eigenvalue weighted by Gasteiger charge is 2.26. The number of piperidine rings is 1. The molecule has 1 unspecified atom stereocenters. The number of nitrogens with zero attached hydrogens (tertiary/aromatic N) is 1. The van der Waals surface area contributed by atoms with Crippen LogP contribution in [0, 0.1) is 11.7 Å². The average Bonchev–Trinajstić information content (AvgIpc) is 2.39. The number of hydrogen-bond donors (Lipinski definition) is 1. The Bertz CT molecular complexity index is 410. The first-order valence-electron chi connectivity index (χ1n) is 6.27. The van der Waals surface area contributed by atoms with E-state index in [0.29, 0.717) is 13.1 Å². The van der Waals surface area contributed by atoms with Crippen LogP contribution in [0.25, 0.3) is 0 Å². The fourth-order valence-electron chi connectivity index (χ4n) is 2.46. The number of hydrogen-bond acceptors (Lipinski definition) is 2. The lowest BCUT2D eigenvalue weighted by Gasteiger charge is -2.33. The third-order valence-corrected chi connectivity index (χ3v) is 3.64. The minimum Gasteiger partial charge on any atom is -0.388 e. The number of carbonyl (C=O) groups is 1. The van der Waals surface area contributed by atoms with Crippen LogP contribution < -0.4 is 0 Å². The molecule has 1 aliphatic heterocycles. The number of halogens is 1. The van der Waals surface area contributed by atoms with Gasteiger partial charge in [0.15, 0.2) is 0 Å². The molecule has 3 nitrogen and oxygen atoms in total. The molecule has 1 amide bonds. The molecule has 1 aromatic rings. The molecule has 98 valence electrons. The fourth-order valence-corrected chi connectivity index (χ4v) is 2.46. The van der Waals surface area contributed by atoms with Crippen LogP contribution in [0.2, 0.25) is 0 Å². The van der Waals surface area contributed by atoms with Gasteiger partial charge in [0, 0.05) is 20.0 Å². The molecule has 1 heterocycles. The molecule has 0 bridgehead atoms. The van der Waals surface area contributed by atoms with Crippen molar-refractivity contribution in [3.8, 4) is 0 Å². The van der Waals surface area contributed by atoms with Gasteiger partial charge in [-0.3, -0.25) is 4.79 Å². The second-order valence-electron chi connectivity index (χ2n) is 4.84. The molecule has 2 rings (SSSR count). The van der Waals surface area contributed by atoms with Gasteiger partial charge in [-0.15, -0.1) is 0 Å². The zero-order chi connectivity index (χ0) is 13.1. The standard InChI is InChI=1S/C14H18FNO2/c1-10(17)16-8-6-12(7-9-16)14(18)11-2-4-13(15)5-3-11/h2-5,12,14,18H,6-9H2,1H3. The zero-order valence-corrected chi connectivity index (χ0v) is 10.5. The lowest BCUT2D eigenvalue weighted by molar-refractivity contribution is -0.130. The number of aliphatic hydroxyl groups excluding tert-OH is 1. The van der Waals surface area contributed by atoms with Crippen LogP contribution in [-0.4, -0.2) is 29.0 Å². The van der Waals surface area contributed by atoms with Gasteiger partial charge in [-0.05, 0) is 36.5 Å². The van der Waals surface area contributed by atoms with Gasteiger partial charge in [-0.1, -0.05) is 12.1 Å². The normalized spacial score (nSPS) is 18.7. The van der Waals surface area contributed by atoms with Crippen molar-refractivity contribution in [3.63, 3.8) is 0 Å². The van der Waals surface area contributed by atoms with Crippen molar-refractivity contribution in [1.29, 1.82) is 0 Å². The Labute approximate surface area is 106 Å². The molecule has 1 saturated heterocycles. The number of benzene rings is 1. The largest absolute Gasteiger partial charge is 0.388 e. The molecule has 1 aromatic carbocycles. The van der Waals surface area contributed by atoms with Crippen LogP contribution in [-0.2, 0) is 4.79 Å². The Kier molecular flexibility index (Phi) is 3.97. The summed E-state index contributed by atoms with van der Waals surface area (Å²) in [6.45, 7) is 2.95. The summed E-state index contributed by atoms with van der Waals surface area (Å²) in [7, 11) is 0. The summed E-state index contributed by atoms with van der Waals surface area (Å²) in [4.78, 5) is 13.0. The summed E-state index contributed by atoms with van der Waals surface area (Å²) in [6.07, 6.45) is 1.01. The molecular formula is C14H18FNO2. The van der Waals surface area contributed by atoms with Crippen molar-refractivity contribution in [2.24, 2.45) is 5.92 Å². The van der Waals surface area contributed by atoms with E-state index in [4.69, 9.17) is 0 Å². The fraction of sp³-hybridized carbons (Fsp3) is 0.500. The van der Waals surface area contributed by atoms with E-state index in [1.54, 1.807) is 24.0 Å². The molecule has 0 aromatic heterocycles. The Morgan fingerprint density at radius 1 is 1.33 bits per heavy atom. The molecule has 18 heavy (non-hydrogen) atoms. The van der Waals surface area contributed by atoms with Crippen molar-refractivity contribution >= 4 is 5.91 Å². The van der Waals surface area contributed by atoms with E-state index in [1.165, 1.54) is 12.1 Å². The van der Waals surface area contributed by atoms with E-state index >= 15 is 0 Å². The maximum Gasteiger partial charge on any atom is 0.219 e. The topological polar surface area (TPSA) is 40.5 Å². The van der Waals surface area contributed by atoms with Gasteiger partial charge in [0.2, 0.25) is 5.91 Å². The lowest BCUT2D eigenvalue weighted by atomic mass is 9.87. The zero-order valence-electron chi connectivity index (χ0n) is 10.5. The molecule has 0 aliphatic carbocycles. The first-order chi connectivity index (χ1) is 8.58. The van der Waals surface area contributed by atoms with E-state index in [0.717, 1.165) is 18.4 Å². The molecule has 0 saturated carbocycles. The van der Waals surface area contributed by atoms with E-state index in [9.17, 15) is 14.3 Å². The Hall–Kier alpha value is -1.42. The number of likely N-dealkylation sites (tertiary alicyclic amines) is 1. The van der Waals surface area contributed by atoms with Crippen molar-refractivity contribution in [3.05, 3.63) is 35.6 Å². The van der Waals surface area contributed by atoms with Crippen molar-refractivity contribution < 1.29 is 14.3 Å². The molecule has 1 aliphatic rings. The highest BCUT2D eigenvalue weighted by atomic mass is 19.1. The van der Waals surface area contributed by atoms with Gasteiger partial charge in [0.1, 0.15) is 5.82 Å². The second kappa shape index (κ2) is 5.48. The van der Waals surface area contributed by atoms with Crippen LogP contribution in [0.5, 0.6) is 0 Å². The number of amides is 1. The van der Waals surface area contributed by atoms with Crippen molar-refractivity contribution in [2.75, 3.05) is 13.1 Å². The smallest absolute Gasteiger partial charge is 0.219 e. The van der Waals surface area contributed by atoms with E-state index in [1.807, 2.05) is 0 Å². The summed E-state index contributed by atoms with van der Waals surface area (Å²) in [5.74, 6) is -0.0619. The molecule has 0 spiro atoms. The third-order valence-electron chi connectivity index (χ3n) is 3.64. The highest BCUT2D eigenvalue weighted by molar-refractivity contribution is 5.73. The number of aliphatic hydroxyl groups is 1. The molecule has 1 N–H and O–H groups in total. The first kappa shape index (κ1) is 13.0. The van der Waals surface area contributed by atoms with Gasteiger partial charge in [-0.2, -0.15) is 0 Å². The average molecular weight is 251 g/mol. The Morgan fingerprint density at radius 2 is 1.89 bits per heavy atom. The maximum atomic E-state index is 12.8. The van der Waals surface area contributed by atoms with Gasteiger partial charge in [-0.25, -0.2) is 4.39 Å². The predicted octanol–water partition coefficient (Wildman–Crippen LogP) is 2.12. The van der Waals surface area contributed by atoms with E-state index < -0.39 is 6.10 Å². The summed E-state index contributed by atoms with van der Waals surface area (Å²) in [6, 6.07) is 5.97. The van der Waals surface area contributed by atoms with Gasteiger partial charge < -0.3 is 10.0 Å². The molecule has 1 fully saturated rings. The number of carbonyl (C=O) groups excluding carboxylic acids is 1. The van der Waals surface area contributed by atoms with E-state index in [2.05, 4.69) is 0 Å². The van der Waals surface area contributed by atoms with Crippen molar-refractivity contribution in [2.45, 2.75) is 25.9 Å². The van der Waals surface area contributed by atoms with Crippen LogP contribution in [0.4, 0.5) is 4.39 Å². The summed E-state index contributed by atoms with van der Waals surface area (Å²) in [5.41, 5.74) is 0.748. The summed E-state index contributed by atoms with van der Waals surface area (Å²) < 4.78 is 12.8. The Morgan fingerprint density at radius 3 is 2.39 bits per heavy atom. The quantitative estimate of drug-likeness (QED) is 0.874. The molecule has 1 atom stereocenters. The Balaban J connectivity index is 1.97. The van der Waals surface area contributed by atoms with Gasteiger partial charge in [0.05, 0.1) is 6.10 Å². The molecule has 0 radical (unpaired) electrons. The van der Waals surface area contributed by atoms with Gasteiger partial charge in [0.25, 0.3) is 0 Å². The van der Waals surface area contributed by atoms with Crippen LogP contribution in [0.3, 0.4) is 0 Å². The molecular weight excluding hydrogens is 233 g/mol. The minimum absolute atomic E-state index is 0.0877. The summed E-state index contributed by atoms with van der Waals surface area (Å²) in [5, 5.41) is 10.2. The number of rotatable bonds is 2. The molecule has 4 heteroatoms. The second-order valence-corrected chi connectivity index (χ2v) is 4.84. The van der Waals surface area contributed by atoms with E-state index in [-0.39, 0.29) is 17.6 Å². The van der Waals surface area contributed by atoms with Crippen LogP contribution in [0.1, 0.15) is 31.4 Å². The monoisotopic (exact) mass is 251 g/mol.